The minimum absolute atomic E-state index is 0.210. The first-order chi connectivity index (χ1) is 16.9. The maximum absolute atomic E-state index is 12.4. The molecule has 7 heteroatoms. The van der Waals surface area contributed by atoms with Crippen LogP contribution in [0.4, 0.5) is 0 Å². The van der Waals surface area contributed by atoms with E-state index in [2.05, 4.69) is 43.4 Å². The molecule has 1 aromatic heterocycles. The van der Waals surface area contributed by atoms with Gasteiger partial charge in [0, 0.05) is 10.1 Å². The molecular formula is C29H37NO5S. The highest BCUT2D eigenvalue weighted by Gasteiger charge is 2.32. The van der Waals surface area contributed by atoms with E-state index >= 15 is 0 Å². The van der Waals surface area contributed by atoms with E-state index in [0.717, 1.165) is 34.2 Å². The van der Waals surface area contributed by atoms with Gasteiger partial charge in [0.2, 0.25) is 0 Å². The number of carboxylic acids is 1. The van der Waals surface area contributed by atoms with Gasteiger partial charge in [-0.15, -0.1) is 11.3 Å². The molecule has 3 rings (SSSR count). The number of carboxylic acid groups (broad SMARTS) is 1. The lowest BCUT2D eigenvalue weighted by atomic mass is 9.70. The van der Waals surface area contributed by atoms with Crippen LogP contribution >= 0.6 is 11.3 Å². The van der Waals surface area contributed by atoms with E-state index in [1.165, 1.54) is 22.5 Å². The number of aryl methyl sites for hydroxylation is 1. The predicted octanol–water partition coefficient (Wildman–Crippen LogP) is 5.92. The molecule has 0 aliphatic carbocycles. The van der Waals surface area contributed by atoms with Crippen LogP contribution in [0.5, 0.6) is 5.75 Å². The van der Waals surface area contributed by atoms with Crippen molar-refractivity contribution in [2.45, 2.75) is 65.9 Å². The largest absolute Gasteiger partial charge is 0.491 e. The van der Waals surface area contributed by atoms with Gasteiger partial charge < -0.3 is 20.3 Å². The van der Waals surface area contributed by atoms with Crippen molar-refractivity contribution in [2.24, 2.45) is 5.41 Å². The monoisotopic (exact) mass is 511 g/mol. The van der Waals surface area contributed by atoms with Crippen LogP contribution in [0.2, 0.25) is 0 Å². The molecule has 1 unspecified atom stereocenters. The van der Waals surface area contributed by atoms with Crippen molar-refractivity contribution in [3.63, 3.8) is 0 Å². The van der Waals surface area contributed by atoms with Crippen LogP contribution in [0.25, 0.3) is 10.1 Å². The summed E-state index contributed by atoms with van der Waals surface area (Å²) in [6.07, 6.45) is 1.24. The molecule has 3 aromatic rings. The van der Waals surface area contributed by atoms with E-state index in [1.54, 1.807) is 0 Å². The zero-order valence-electron chi connectivity index (χ0n) is 22.0. The Morgan fingerprint density at radius 3 is 2.25 bits per heavy atom. The molecular weight excluding hydrogens is 474 g/mol. The van der Waals surface area contributed by atoms with Gasteiger partial charge in [0.25, 0.3) is 5.91 Å². The van der Waals surface area contributed by atoms with Crippen LogP contribution in [-0.2, 0) is 10.2 Å². The molecule has 0 saturated heterocycles. The average molecular weight is 512 g/mol. The van der Waals surface area contributed by atoms with Crippen molar-refractivity contribution >= 4 is 33.3 Å². The van der Waals surface area contributed by atoms with Crippen LogP contribution in [0.15, 0.2) is 42.5 Å². The molecule has 3 N–H and O–H groups in total. The van der Waals surface area contributed by atoms with Crippen molar-refractivity contribution in [1.29, 1.82) is 0 Å². The lowest BCUT2D eigenvalue weighted by molar-refractivity contribution is -0.135. The van der Waals surface area contributed by atoms with Crippen molar-refractivity contribution in [3.05, 3.63) is 64.0 Å². The van der Waals surface area contributed by atoms with Gasteiger partial charge in [-0.25, -0.2) is 0 Å². The topological polar surface area (TPSA) is 95.9 Å². The fraction of sp³-hybridized carbons (Fsp3) is 0.448. The fourth-order valence-electron chi connectivity index (χ4n) is 4.44. The molecule has 0 aliphatic heterocycles. The molecule has 194 valence electrons. The van der Waals surface area contributed by atoms with Gasteiger partial charge in [-0.2, -0.15) is 0 Å². The van der Waals surface area contributed by atoms with E-state index in [0.29, 0.717) is 4.88 Å². The van der Waals surface area contributed by atoms with E-state index < -0.39 is 18.6 Å². The zero-order valence-corrected chi connectivity index (χ0v) is 22.8. The molecule has 1 amide bonds. The molecule has 0 aliphatic rings. The molecule has 0 spiro atoms. The summed E-state index contributed by atoms with van der Waals surface area (Å²) in [7, 11) is 0. The number of hydrogen-bond donors (Lipinski definition) is 3. The van der Waals surface area contributed by atoms with Crippen LogP contribution in [0.1, 0.15) is 73.8 Å². The van der Waals surface area contributed by atoms with Crippen LogP contribution in [0.3, 0.4) is 0 Å². The van der Waals surface area contributed by atoms with Gasteiger partial charge in [0.05, 0.1) is 11.0 Å². The summed E-state index contributed by atoms with van der Waals surface area (Å²) < 4.78 is 6.95. The van der Waals surface area contributed by atoms with Crippen molar-refractivity contribution in [3.8, 4) is 5.75 Å². The Hall–Kier alpha value is -2.90. The normalized spacial score (nSPS) is 13.0. The minimum atomic E-state index is -1.07. The first kappa shape index (κ1) is 27.7. The number of carbonyl (C=O) groups is 2. The number of amides is 1. The van der Waals surface area contributed by atoms with Gasteiger partial charge >= 0.3 is 5.97 Å². The second-order valence-electron chi connectivity index (χ2n) is 10.4. The Labute approximate surface area is 217 Å². The summed E-state index contributed by atoms with van der Waals surface area (Å²) in [4.78, 5) is 23.6. The number of aliphatic hydroxyl groups is 1. The van der Waals surface area contributed by atoms with Gasteiger partial charge in [0.15, 0.2) is 0 Å². The fourth-order valence-corrected chi connectivity index (χ4v) is 5.46. The Balaban J connectivity index is 1.91. The number of thiophene rings is 1. The van der Waals surface area contributed by atoms with Crippen molar-refractivity contribution < 1.29 is 24.5 Å². The highest BCUT2D eigenvalue weighted by molar-refractivity contribution is 7.20. The predicted molar refractivity (Wildman–Crippen MR) is 145 cm³/mol. The van der Waals surface area contributed by atoms with E-state index in [-0.39, 0.29) is 23.3 Å². The summed E-state index contributed by atoms with van der Waals surface area (Å²) in [5.41, 5.74) is 2.94. The van der Waals surface area contributed by atoms with Crippen molar-refractivity contribution in [1.82, 2.24) is 5.32 Å². The third-order valence-electron chi connectivity index (χ3n) is 7.03. The molecule has 0 saturated carbocycles. The molecule has 0 fully saturated rings. The summed E-state index contributed by atoms with van der Waals surface area (Å²) >= 11 is 1.37. The highest BCUT2D eigenvalue weighted by atomic mass is 32.1. The lowest BCUT2D eigenvalue weighted by Gasteiger charge is -2.34. The first-order valence-electron chi connectivity index (χ1n) is 12.4. The molecule has 0 bridgehead atoms. The standard InChI is InChI=1S/C29H37NO5S/c1-7-29(8-2,20-11-12-22(18(3)13-20)35-17-25(31)28(4,5)6)21-10-9-19-14-24(36-23(19)15-21)27(34)30-16-26(32)33/h9-15,25,31H,7-8,16-17H2,1-6H3,(H,30,34)(H,32,33). The molecule has 6 nitrogen and oxygen atoms in total. The van der Waals surface area contributed by atoms with Crippen LogP contribution in [-0.4, -0.2) is 41.3 Å². The smallest absolute Gasteiger partial charge is 0.322 e. The quantitative estimate of drug-likeness (QED) is 0.314. The Kier molecular flexibility index (Phi) is 8.47. The summed E-state index contributed by atoms with van der Waals surface area (Å²) in [6, 6.07) is 14.4. The second-order valence-corrected chi connectivity index (χ2v) is 11.5. The number of rotatable bonds is 10. The number of benzene rings is 2. The maximum atomic E-state index is 12.4. The third-order valence-corrected chi connectivity index (χ3v) is 8.12. The number of carbonyl (C=O) groups excluding carboxylic acids is 1. The second kappa shape index (κ2) is 11.0. The summed E-state index contributed by atoms with van der Waals surface area (Å²) in [5, 5.41) is 22.6. The molecule has 36 heavy (non-hydrogen) atoms. The number of fused-ring (bicyclic) bond motifs is 1. The summed E-state index contributed by atoms with van der Waals surface area (Å²) in [6.45, 7) is 12.2. The van der Waals surface area contributed by atoms with E-state index in [9.17, 15) is 14.7 Å². The summed E-state index contributed by atoms with van der Waals surface area (Å²) in [5.74, 6) is -0.673. The van der Waals surface area contributed by atoms with E-state index in [1.807, 2.05) is 45.9 Å². The van der Waals surface area contributed by atoms with Gasteiger partial charge in [-0.3, -0.25) is 9.59 Å². The Bertz CT molecular complexity index is 1240. The number of aliphatic carboxylic acids is 1. The SMILES string of the molecule is CCC(CC)(c1ccc(OCC(O)C(C)(C)C)c(C)c1)c1ccc2cc(C(=O)NCC(=O)O)sc2c1. The van der Waals surface area contributed by atoms with Crippen LogP contribution in [0, 0.1) is 12.3 Å². The van der Waals surface area contributed by atoms with E-state index in [4.69, 9.17) is 9.84 Å². The number of hydrogen-bond acceptors (Lipinski definition) is 5. The Morgan fingerprint density at radius 1 is 1.03 bits per heavy atom. The molecule has 1 heterocycles. The minimum Gasteiger partial charge on any atom is -0.491 e. The van der Waals surface area contributed by atoms with Gasteiger partial charge in [0.1, 0.15) is 18.9 Å². The molecule has 0 radical (unpaired) electrons. The van der Waals surface area contributed by atoms with Crippen LogP contribution < -0.4 is 10.1 Å². The maximum Gasteiger partial charge on any atom is 0.322 e. The number of ether oxygens (including phenoxy) is 1. The third kappa shape index (κ3) is 5.90. The van der Waals surface area contributed by atoms with Gasteiger partial charge in [-0.1, -0.05) is 58.9 Å². The Morgan fingerprint density at radius 2 is 1.67 bits per heavy atom. The van der Waals surface area contributed by atoms with Crippen molar-refractivity contribution in [2.75, 3.05) is 13.2 Å². The number of nitrogens with one attached hydrogen (secondary N) is 1. The zero-order chi connectivity index (χ0) is 26.7. The highest BCUT2D eigenvalue weighted by Crippen LogP contribution is 2.42. The number of aliphatic hydroxyl groups excluding tert-OH is 1. The van der Waals surface area contributed by atoms with Gasteiger partial charge in [-0.05, 0) is 65.5 Å². The lowest BCUT2D eigenvalue weighted by Crippen LogP contribution is -2.32. The molecule has 2 aromatic carbocycles. The average Bonchev–Trinajstić information content (AvgIpc) is 3.26. The first-order valence-corrected chi connectivity index (χ1v) is 13.2. The molecule has 1 atom stereocenters.